The molecule has 170 valence electrons. The summed E-state index contributed by atoms with van der Waals surface area (Å²) in [5.74, 6) is 2.65. The smallest absolute Gasteiger partial charge is 0.235 e. The van der Waals surface area contributed by atoms with E-state index < -0.39 is 0 Å². The van der Waals surface area contributed by atoms with Crippen LogP contribution in [-0.4, -0.2) is 27.0 Å². The lowest BCUT2D eigenvalue weighted by Gasteiger charge is -2.56. The molecular formula is C25H31ClN4OS. The first-order valence-electron chi connectivity index (χ1n) is 11.7. The van der Waals surface area contributed by atoms with E-state index in [-0.39, 0.29) is 17.8 Å². The van der Waals surface area contributed by atoms with Crippen LogP contribution in [0.4, 0.5) is 5.13 Å². The molecule has 1 amide bonds. The minimum absolute atomic E-state index is 0. The lowest BCUT2D eigenvalue weighted by Crippen LogP contribution is -2.55. The Morgan fingerprint density at radius 3 is 2.56 bits per heavy atom. The van der Waals surface area contributed by atoms with Gasteiger partial charge in [0.1, 0.15) is 0 Å². The Morgan fingerprint density at radius 1 is 1.19 bits per heavy atom. The van der Waals surface area contributed by atoms with Gasteiger partial charge in [-0.2, -0.15) is 0 Å². The van der Waals surface area contributed by atoms with Crippen molar-refractivity contribution in [1.82, 2.24) is 14.5 Å². The second-order valence-electron chi connectivity index (χ2n) is 10.3. The van der Waals surface area contributed by atoms with Crippen LogP contribution in [0.25, 0.3) is 10.2 Å². The number of carbonyl (C=O) groups excluding carboxylic acids is 1. The number of amides is 1. The highest BCUT2D eigenvalue weighted by molar-refractivity contribution is 7.22. The topological polar surface area (TPSA) is 51.0 Å². The summed E-state index contributed by atoms with van der Waals surface area (Å²) in [5, 5.41) is 0.881. The molecule has 3 aromatic rings. The summed E-state index contributed by atoms with van der Waals surface area (Å²) < 4.78 is 3.27. The number of aryl methyl sites for hydroxylation is 2. The average molecular weight is 471 g/mol. The third-order valence-electron chi connectivity index (χ3n) is 7.86. The number of carbonyl (C=O) groups is 1. The van der Waals surface area contributed by atoms with E-state index in [1.807, 2.05) is 18.7 Å². The summed E-state index contributed by atoms with van der Waals surface area (Å²) in [6.45, 7) is 3.70. The predicted molar refractivity (Wildman–Crippen MR) is 131 cm³/mol. The third kappa shape index (κ3) is 3.86. The maximum atomic E-state index is 14.2. The molecule has 4 saturated carbocycles. The number of nitrogens with zero attached hydrogens (tertiary/aromatic N) is 4. The Bertz CT molecular complexity index is 1070. The van der Waals surface area contributed by atoms with Crippen molar-refractivity contribution in [2.45, 2.75) is 58.4 Å². The predicted octanol–water partition coefficient (Wildman–Crippen LogP) is 5.86. The quantitative estimate of drug-likeness (QED) is 0.453. The molecule has 0 spiro atoms. The summed E-state index contributed by atoms with van der Waals surface area (Å²) in [7, 11) is 0. The minimum Gasteiger partial charge on any atom is -0.337 e. The summed E-state index contributed by atoms with van der Waals surface area (Å²) in [4.78, 5) is 25.3. The second-order valence-corrected chi connectivity index (χ2v) is 11.3. The van der Waals surface area contributed by atoms with Crippen molar-refractivity contribution in [2.75, 3.05) is 11.4 Å². The molecule has 0 unspecified atom stereocenters. The zero-order chi connectivity index (χ0) is 21.0. The van der Waals surface area contributed by atoms with Gasteiger partial charge in [0.2, 0.25) is 5.91 Å². The lowest BCUT2D eigenvalue weighted by molar-refractivity contribution is -0.143. The van der Waals surface area contributed by atoms with Gasteiger partial charge in [-0.1, -0.05) is 17.4 Å². The van der Waals surface area contributed by atoms with E-state index in [2.05, 4.69) is 39.6 Å². The van der Waals surface area contributed by atoms with Crippen molar-refractivity contribution in [3.63, 3.8) is 0 Å². The number of rotatable bonds is 6. The van der Waals surface area contributed by atoms with Crippen molar-refractivity contribution in [1.29, 1.82) is 0 Å². The fourth-order valence-electron chi connectivity index (χ4n) is 6.91. The van der Waals surface area contributed by atoms with Crippen LogP contribution >= 0.6 is 23.7 Å². The van der Waals surface area contributed by atoms with Gasteiger partial charge in [0.25, 0.3) is 0 Å². The van der Waals surface area contributed by atoms with Gasteiger partial charge >= 0.3 is 0 Å². The first-order valence-corrected chi connectivity index (χ1v) is 12.5. The zero-order valence-electron chi connectivity index (χ0n) is 18.6. The molecule has 7 heteroatoms. The first-order chi connectivity index (χ1) is 15.1. The molecule has 0 saturated heterocycles. The van der Waals surface area contributed by atoms with Crippen LogP contribution in [0.15, 0.2) is 36.9 Å². The highest BCUT2D eigenvalue weighted by Crippen LogP contribution is 2.60. The number of fused-ring (bicyclic) bond motifs is 1. The molecule has 2 aromatic heterocycles. The fourth-order valence-corrected chi connectivity index (χ4v) is 8.00. The maximum absolute atomic E-state index is 14.2. The Kier molecular flexibility index (Phi) is 5.79. The van der Waals surface area contributed by atoms with Crippen LogP contribution in [0.1, 0.15) is 50.5 Å². The third-order valence-corrected chi connectivity index (χ3v) is 8.90. The Labute approximate surface area is 199 Å². The van der Waals surface area contributed by atoms with Crippen LogP contribution in [0.5, 0.6) is 0 Å². The van der Waals surface area contributed by atoms with E-state index in [0.717, 1.165) is 67.2 Å². The molecule has 7 rings (SSSR count). The molecular weight excluding hydrogens is 440 g/mol. The monoisotopic (exact) mass is 470 g/mol. The Balaban J connectivity index is 0.00000216. The van der Waals surface area contributed by atoms with Gasteiger partial charge in [0.15, 0.2) is 5.13 Å². The number of anilines is 1. The molecule has 4 aliphatic rings. The molecule has 0 atom stereocenters. The lowest BCUT2D eigenvalue weighted by atomic mass is 9.49. The van der Waals surface area contributed by atoms with Gasteiger partial charge < -0.3 is 4.57 Å². The second kappa shape index (κ2) is 8.45. The molecule has 0 aliphatic heterocycles. The van der Waals surface area contributed by atoms with E-state index in [1.165, 1.54) is 29.5 Å². The van der Waals surface area contributed by atoms with Crippen molar-refractivity contribution in [3.05, 3.63) is 42.5 Å². The van der Waals surface area contributed by atoms with E-state index in [1.54, 1.807) is 11.3 Å². The number of thiazole rings is 1. The van der Waals surface area contributed by atoms with Crippen LogP contribution in [-0.2, 0) is 11.3 Å². The summed E-state index contributed by atoms with van der Waals surface area (Å²) in [6, 6.07) is 6.38. The van der Waals surface area contributed by atoms with Crippen LogP contribution in [0.2, 0.25) is 0 Å². The molecule has 4 bridgehead atoms. The summed E-state index contributed by atoms with van der Waals surface area (Å²) >= 11 is 1.67. The molecule has 4 aliphatic carbocycles. The van der Waals surface area contributed by atoms with Gasteiger partial charge in [-0.05, 0) is 87.3 Å². The molecule has 4 fully saturated rings. The van der Waals surface area contributed by atoms with Crippen molar-refractivity contribution < 1.29 is 4.79 Å². The molecule has 5 nitrogen and oxygen atoms in total. The largest absolute Gasteiger partial charge is 0.337 e. The fraction of sp³-hybridized carbons (Fsp3) is 0.560. The SMILES string of the molecule is Cc1ccc2nc(N(CCCn3ccnc3)C(=O)C34CC5CC(CC(C5)C3)C4)sc2c1.Cl. The van der Waals surface area contributed by atoms with Gasteiger partial charge in [-0.25, -0.2) is 9.97 Å². The molecule has 0 radical (unpaired) electrons. The van der Waals surface area contributed by atoms with Crippen LogP contribution in [0.3, 0.4) is 0 Å². The van der Waals surface area contributed by atoms with E-state index >= 15 is 0 Å². The van der Waals surface area contributed by atoms with Crippen molar-refractivity contribution >= 4 is 45.0 Å². The average Bonchev–Trinajstić information content (AvgIpc) is 3.39. The van der Waals surface area contributed by atoms with Crippen LogP contribution < -0.4 is 4.90 Å². The Hall–Kier alpha value is -1.92. The van der Waals surface area contributed by atoms with E-state index in [0.29, 0.717) is 5.91 Å². The number of halogens is 1. The van der Waals surface area contributed by atoms with Gasteiger partial charge in [0, 0.05) is 25.5 Å². The number of hydrogen-bond acceptors (Lipinski definition) is 4. The summed E-state index contributed by atoms with van der Waals surface area (Å²) in [5.41, 5.74) is 2.10. The number of benzene rings is 1. The number of imidazole rings is 1. The van der Waals surface area contributed by atoms with Gasteiger partial charge in [0.05, 0.1) is 22.0 Å². The highest BCUT2D eigenvalue weighted by Gasteiger charge is 2.55. The van der Waals surface area contributed by atoms with Crippen molar-refractivity contribution in [2.24, 2.45) is 23.2 Å². The van der Waals surface area contributed by atoms with Gasteiger partial charge in [-0.15, -0.1) is 12.4 Å². The standard InChI is InChI=1S/C25H30N4OS.ClH/c1-17-3-4-21-22(9-17)31-24(27-21)29(7-2-6-28-8-5-26-16-28)23(30)25-13-18-10-19(14-25)12-20(11-18)15-25;/h3-5,8-9,16,18-20H,2,6-7,10-15H2,1H3;1H. The number of hydrogen-bond donors (Lipinski definition) is 0. The van der Waals surface area contributed by atoms with E-state index in [4.69, 9.17) is 4.98 Å². The molecule has 2 heterocycles. The van der Waals surface area contributed by atoms with Crippen LogP contribution in [0, 0.1) is 30.1 Å². The molecule has 32 heavy (non-hydrogen) atoms. The maximum Gasteiger partial charge on any atom is 0.235 e. The minimum atomic E-state index is -0.141. The zero-order valence-corrected chi connectivity index (χ0v) is 20.2. The Morgan fingerprint density at radius 2 is 1.91 bits per heavy atom. The first kappa shape index (κ1) is 21.9. The highest BCUT2D eigenvalue weighted by atomic mass is 35.5. The van der Waals surface area contributed by atoms with Gasteiger partial charge in [-0.3, -0.25) is 9.69 Å². The molecule has 1 aromatic carbocycles. The number of aromatic nitrogens is 3. The van der Waals surface area contributed by atoms with E-state index in [9.17, 15) is 4.79 Å². The summed E-state index contributed by atoms with van der Waals surface area (Å²) in [6.07, 6.45) is 13.9. The molecule has 0 N–H and O–H groups in total. The van der Waals surface area contributed by atoms with Crippen molar-refractivity contribution in [3.8, 4) is 0 Å². The normalized spacial score (nSPS) is 28.1.